The molecule has 1 aliphatic rings. The van der Waals surface area contributed by atoms with Gasteiger partial charge in [0.1, 0.15) is 0 Å². The van der Waals surface area contributed by atoms with Gasteiger partial charge in [0.05, 0.1) is 12.5 Å². The van der Waals surface area contributed by atoms with Crippen LogP contribution in [0.25, 0.3) is 0 Å². The fourth-order valence-electron chi connectivity index (χ4n) is 2.31. The predicted molar refractivity (Wildman–Crippen MR) is 74.9 cm³/mol. The molecule has 0 aromatic heterocycles. The van der Waals surface area contributed by atoms with Gasteiger partial charge in [-0.25, -0.2) is 0 Å². The van der Waals surface area contributed by atoms with Gasteiger partial charge in [0.2, 0.25) is 17.7 Å². The highest BCUT2D eigenvalue weighted by Crippen LogP contribution is 2.12. The van der Waals surface area contributed by atoms with Crippen molar-refractivity contribution in [3.63, 3.8) is 0 Å². The first kappa shape index (κ1) is 16.4. The fourth-order valence-corrected chi connectivity index (χ4v) is 2.31. The van der Waals surface area contributed by atoms with Gasteiger partial charge in [-0.05, 0) is 0 Å². The van der Waals surface area contributed by atoms with E-state index in [1.165, 1.54) is 11.8 Å². The zero-order valence-corrected chi connectivity index (χ0v) is 12.7. The van der Waals surface area contributed by atoms with E-state index in [1.807, 2.05) is 4.90 Å². The summed E-state index contributed by atoms with van der Waals surface area (Å²) in [6.07, 6.45) is 0. The van der Waals surface area contributed by atoms with Crippen LogP contribution in [0.4, 0.5) is 0 Å². The van der Waals surface area contributed by atoms with Crippen LogP contribution in [0.3, 0.4) is 0 Å². The van der Waals surface area contributed by atoms with Crippen LogP contribution in [0.5, 0.6) is 0 Å². The number of hydrogen-bond acceptors (Lipinski definition) is 4. The molecule has 1 heterocycles. The Balaban J connectivity index is 2.81. The third-order valence-electron chi connectivity index (χ3n) is 3.49. The molecule has 0 aliphatic carbocycles. The van der Waals surface area contributed by atoms with Crippen LogP contribution in [0.2, 0.25) is 0 Å². The van der Waals surface area contributed by atoms with Crippen molar-refractivity contribution in [1.82, 2.24) is 20.0 Å². The van der Waals surface area contributed by atoms with E-state index >= 15 is 0 Å². The van der Waals surface area contributed by atoms with Gasteiger partial charge in [-0.1, -0.05) is 0 Å². The smallest absolute Gasteiger partial charge is 0.233 e. The van der Waals surface area contributed by atoms with Crippen LogP contribution < -0.4 is 5.32 Å². The van der Waals surface area contributed by atoms with Gasteiger partial charge < -0.3 is 15.1 Å². The molecule has 0 radical (unpaired) electrons. The summed E-state index contributed by atoms with van der Waals surface area (Å²) in [5, 5.41) is 2.58. The molecule has 1 atom stereocenters. The molecule has 1 saturated heterocycles. The highest BCUT2D eigenvalue weighted by atomic mass is 16.2. The lowest BCUT2D eigenvalue weighted by atomic mass is 10.1. The SMILES string of the molecule is CNC(=O)CN1CCN(C(C)=O)CC(C(=O)N(C)C)C1. The van der Waals surface area contributed by atoms with Crippen molar-refractivity contribution < 1.29 is 14.4 Å². The number of likely N-dealkylation sites (N-methyl/N-ethyl adjacent to an activating group) is 1. The number of carbonyl (C=O) groups excluding carboxylic acids is 3. The van der Waals surface area contributed by atoms with E-state index in [1.54, 1.807) is 26.0 Å². The second kappa shape index (κ2) is 7.23. The van der Waals surface area contributed by atoms with E-state index in [4.69, 9.17) is 0 Å². The fraction of sp³-hybridized carbons (Fsp3) is 0.769. The molecule has 1 rings (SSSR count). The summed E-state index contributed by atoms with van der Waals surface area (Å²) < 4.78 is 0. The molecule has 0 spiro atoms. The molecule has 1 unspecified atom stereocenters. The summed E-state index contributed by atoms with van der Waals surface area (Å²) in [7, 11) is 4.99. The Bertz CT molecular complexity index is 384. The Morgan fingerprint density at radius 2 is 1.85 bits per heavy atom. The van der Waals surface area contributed by atoms with Crippen LogP contribution in [-0.4, -0.2) is 86.3 Å². The van der Waals surface area contributed by atoms with E-state index in [0.29, 0.717) is 26.2 Å². The second-order valence-electron chi connectivity index (χ2n) is 5.30. The van der Waals surface area contributed by atoms with E-state index < -0.39 is 0 Å². The standard InChI is InChI=1S/C13H24N4O3/c1-10(18)17-6-5-16(9-12(19)14-2)7-11(8-17)13(20)15(3)4/h11H,5-9H2,1-4H3,(H,14,19). The number of rotatable bonds is 3. The Labute approximate surface area is 119 Å². The maximum absolute atomic E-state index is 12.2. The zero-order chi connectivity index (χ0) is 15.3. The molecular weight excluding hydrogens is 260 g/mol. The highest BCUT2D eigenvalue weighted by Gasteiger charge is 2.30. The summed E-state index contributed by atoms with van der Waals surface area (Å²) in [4.78, 5) is 40.4. The highest BCUT2D eigenvalue weighted by molar-refractivity contribution is 5.81. The quantitative estimate of drug-likeness (QED) is 0.692. The lowest BCUT2D eigenvalue weighted by Gasteiger charge is -2.25. The average molecular weight is 284 g/mol. The van der Waals surface area contributed by atoms with Crippen LogP contribution >= 0.6 is 0 Å². The monoisotopic (exact) mass is 284 g/mol. The van der Waals surface area contributed by atoms with Gasteiger partial charge in [-0.15, -0.1) is 0 Å². The lowest BCUT2D eigenvalue weighted by molar-refractivity contribution is -0.136. The van der Waals surface area contributed by atoms with E-state index in [0.717, 1.165) is 0 Å². The molecule has 1 N–H and O–H groups in total. The number of amides is 3. The Morgan fingerprint density at radius 1 is 1.20 bits per heavy atom. The van der Waals surface area contributed by atoms with Crippen LogP contribution in [0.1, 0.15) is 6.92 Å². The third-order valence-corrected chi connectivity index (χ3v) is 3.49. The minimum Gasteiger partial charge on any atom is -0.358 e. The second-order valence-corrected chi connectivity index (χ2v) is 5.30. The number of nitrogens with zero attached hydrogens (tertiary/aromatic N) is 3. The lowest BCUT2D eigenvalue weighted by Crippen LogP contribution is -2.43. The number of nitrogens with one attached hydrogen (secondary N) is 1. The maximum atomic E-state index is 12.2. The summed E-state index contributed by atoms with van der Waals surface area (Å²) in [5.41, 5.74) is 0. The zero-order valence-electron chi connectivity index (χ0n) is 12.7. The Morgan fingerprint density at radius 3 is 2.35 bits per heavy atom. The molecule has 0 aromatic carbocycles. The molecule has 1 aliphatic heterocycles. The maximum Gasteiger partial charge on any atom is 0.233 e. The van der Waals surface area contributed by atoms with Crippen LogP contribution in [0, 0.1) is 5.92 Å². The van der Waals surface area contributed by atoms with Gasteiger partial charge in [0.15, 0.2) is 0 Å². The van der Waals surface area contributed by atoms with Gasteiger partial charge >= 0.3 is 0 Å². The van der Waals surface area contributed by atoms with Gasteiger partial charge in [0.25, 0.3) is 0 Å². The largest absolute Gasteiger partial charge is 0.358 e. The van der Waals surface area contributed by atoms with Crippen molar-refractivity contribution in [2.75, 3.05) is 53.9 Å². The number of hydrogen-bond donors (Lipinski definition) is 1. The van der Waals surface area contributed by atoms with Crippen molar-refractivity contribution in [2.24, 2.45) is 5.92 Å². The first-order valence-electron chi connectivity index (χ1n) is 6.74. The summed E-state index contributed by atoms with van der Waals surface area (Å²) in [6.45, 7) is 3.81. The third kappa shape index (κ3) is 4.48. The normalized spacial score (nSPS) is 20.2. The first-order valence-corrected chi connectivity index (χ1v) is 6.74. The molecule has 0 bridgehead atoms. The van der Waals surface area contributed by atoms with Crippen molar-refractivity contribution in [3.8, 4) is 0 Å². The summed E-state index contributed by atoms with van der Waals surface area (Å²) in [5.74, 6) is -0.429. The van der Waals surface area contributed by atoms with Gasteiger partial charge in [0, 0.05) is 54.2 Å². The van der Waals surface area contributed by atoms with Crippen molar-refractivity contribution in [3.05, 3.63) is 0 Å². The molecule has 0 aromatic rings. The van der Waals surface area contributed by atoms with E-state index in [9.17, 15) is 14.4 Å². The minimum atomic E-state index is -0.291. The average Bonchev–Trinajstić information content (AvgIpc) is 2.60. The minimum absolute atomic E-state index is 0.0138. The van der Waals surface area contributed by atoms with Crippen molar-refractivity contribution >= 4 is 17.7 Å². The first-order chi connectivity index (χ1) is 9.35. The molecule has 20 heavy (non-hydrogen) atoms. The van der Waals surface area contributed by atoms with Gasteiger partial charge in [-0.3, -0.25) is 19.3 Å². The van der Waals surface area contributed by atoms with Crippen LogP contribution in [-0.2, 0) is 14.4 Å². The molecule has 3 amide bonds. The Hall–Kier alpha value is -1.63. The molecule has 7 nitrogen and oxygen atoms in total. The predicted octanol–water partition coefficient (Wildman–Crippen LogP) is -1.40. The topological polar surface area (TPSA) is 73.0 Å². The van der Waals surface area contributed by atoms with Gasteiger partial charge in [-0.2, -0.15) is 0 Å². The molecule has 1 fully saturated rings. The summed E-state index contributed by atoms with van der Waals surface area (Å²) in [6, 6.07) is 0. The molecule has 0 saturated carbocycles. The molecular formula is C13H24N4O3. The van der Waals surface area contributed by atoms with E-state index in [2.05, 4.69) is 5.32 Å². The van der Waals surface area contributed by atoms with Crippen LogP contribution in [0.15, 0.2) is 0 Å². The summed E-state index contributed by atoms with van der Waals surface area (Å²) >= 11 is 0. The van der Waals surface area contributed by atoms with E-state index in [-0.39, 0.29) is 30.2 Å². The number of carbonyl (C=O) groups is 3. The molecule has 7 heteroatoms. The molecule has 114 valence electrons. The Kier molecular flexibility index (Phi) is 5.94. The van der Waals surface area contributed by atoms with Crippen molar-refractivity contribution in [2.45, 2.75) is 6.92 Å². The van der Waals surface area contributed by atoms with Crippen molar-refractivity contribution in [1.29, 1.82) is 0 Å².